The number of halogens is 5. The van der Waals surface area contributed by atoms with Gasteiger partial charge in [0.05, 0.1) is 11.0 Å². The lowest BCUT2D eigenvalue weighted by molar-refractivity contribution is -0.385. The highest BCUT2D eigenvalue weighted by molar-refractivity contribution is 9.10. The summed E-state index contributed by atoms with van der Waals surface area (Å²) in [4.78, 5) is 8.05. The van der Waals surface area contributed by atoms with Gasteiger partial charge in [0.1, 0.15) is 17.2 Å². The Bertz CT molecular complexity index is 453. The second-order valence-electron chi connectivity index (χ2n) is 3.22. The van der Waals surface area contributed by atoms with E-state index in [4.69, 9.17) is 4.74 Å². The van der Waals surface area contributed by atoms with E-state index in [0.717, 1.165) is 6.07 Å². The largest absolute Gasteiger partial charge is 0.492 e. The van der Waals surface area contributed by atoms with Crippen LogP contribution in [0.1, 0.15) is 0 Å². The molecule has 0 bridgehead atoms. The summed E-state index contributed by atoms with van der Waals surface area (Å²) in [5.74, 6) is -0.00947. The molecule has 0 amide bonds. The number of nitro benzene ring substituents is 1. The molecule has 0 saturated carbocycles. The summed E-state index contributed by atoms with van der Waals surface area (Å²) in [5.41, 5.74) is -0.266. The minimum atomic E-state index is -4.43. The van der Waals surface area contributed by atoms with Crippen LogP contribution in [0.4, 0.5) is 18.9 Å². The van der Waals surface area contributed by atoms with Gasteiger partial charge in [-0.1, -0.05) is 31.9 Å². The topological polar surface area (TPSA) is 52.4 Å². The fraction of sp³-hybridized carbons (Fsp3) is 0.333. The zero-order chi connectivity index (χ0) is 13.9. The summed E-state index contributed by atoms with van der Waals surface area (Å²) < 4.78 is 41.8. The van der Waals surface area contributed by atoms with Gasteiger partial charge in [-0.05, 0) is 6.07 Å². The Morgan fingerprint density at radius 1 is 1.39 bits per heavy atom. The fourth-order valence-electron chi connectivity index (χ4n) is 1.00. The quantitative estimate of drug-likeness (QED) is 0.441. The Hall–Kier alpha value is -0.830. The van der Waals surface area contributed by atoms with Crippen molar-refractivity contribution < 1.29 is 22.8 Å². The zero-order valence-electron chi connectivity index (χ0n) is 8.58. The van der Waals surface area contributed by atoms with Crippen LogP contribution in [0.3, 0.4) is 0 Å². The van der Waals surface area contributed by atoms with E-state index in [1.807, 2.05) is 0 Å². The summed E-state index contributed by atoms with van der Waals surface area (Å²) >= 11 is 5.44. The molecule has 0 aliphatic carbocycles. The summed E-state index contributed by atoms with van der Waals surface area (Å²) in [5, 5.41) is 10.5. The molecule has 0 aromatic heterocycles. The summed E-state index contributed by atoms with van der Waals surface area (Å²) in [6.07, 6.45) is -4.43. The Kier molecular flexibility index (Phi) is 4.97. The average molecular weight is 393 g/mol. The number of hydrogen-bond acceptors (Lipinski definition) is 3. The zero-order valence-corrected chi connectivity index (χ0v) is 11.8. The maximum atomic E-state index is 12.2. The molecule has 1 unspecified atom stereocenters. The van der Waals surface area contributed by atoms with E-state index in [2.05, 4.69) is 31.9 Å². The minimum Gasteiger partial charge on any atom is -0.492 e. The monoisotopic (exact) mass is 391 g/mol. The molecule has 1 atom stereocenters. The first-order valence-electron chi connectivity index (χ1n) is 4.48. The molecular formula is C9H6Br2F3NO3. The maximum absolute atomic E-state index is 12.2. The van der Waals surface area contributed by atoms with E-state index in [9.17, 15) is 23.3 Å². The van der Waals surface area contributed by atoms with Crippen molar-refractivity contribution in [2.45, 2.75) is 11.0 Å². The van der Waals surface area contributed by atoms with Crippen molar-refractivity contribution >= 4 is 37.5 Å². The summed E-state index contributed by atoms with van der Waals surface area (Å²) in [7, 11) is 0. The van der Waals surface area contributed by atoms with Crippen LogP contribution in [-0.2, 0) is 0 Å². The highest BCUT2D eigenvalue weighted by atomic mass is 79.9. The molecule has 0 aliphatic heterocycles. The van der Waals surface area contributed by atoms with Gasteiger partial charge in [-0.25, -0.2) is 0 Å². The molecule has 0 heterocycles. The van der Waals surface area contributed by atoms with Gasteiger partial charge in [-0.2, -0.15) is 13.2 Å². The van der Waals surface area contributed by atoms with E-state index in [1.165, 1.54) is 12.1 Å². The Balaban J connectivity index is 2.77. The Morgan fingerprint density at radius 3 is 2.50 bits per heavy atom. The number of alkyl halides is 4. The molecule has 100 valence electrons. The molecule has 0 saturated heterocycles. The normalized spacial score (nSPS) is 13.2. The van der Waals surface area contributed by atoms with Crippen LogP contribution in [0.15, 0.2) is 22.7 Å². The second-order valence-corrected chi connectivity index (χ2v) is 5.24. The van der Waals surface area contributed by atoms with Crippen molar-refractivity contribution in [2.75, 3.05) is 6.61 Å². The number of ether oxygens (including phenoxy) is 1. The SMILES string of the molecule is O=[N+]([O-])c1cc(Br)cc(OCC(Br)C(F)(F)F)c1. The van der Waals surface area contributed by atoms with E-state index < -0.39 is 22.5 Å². The number of nitro groups is 1. The first-order valence-corrected chi connectivity index (χ1v) is 6.19. The van der Waals surface area contributed by atoms with Crippen LogP contribution in [0.25, 0.3) is 0 Å². The van der Waals surface area contributed by atoms with Crippen molar-refractivity contribution in [2.24, 2.45) is 0 Å². The molecule has 1 rings (SSSR count). The van der Waals surface area contributed by atoms with Gasteiger partial charge in [0.25, 0.3) is 5.69 Å². The van der Waals surface area contributed by atoms with Crippen LogP contribution in [0.2, 0.25) is 0 Å². The molecule has 1 aromatic carbocycles. The second kappa shape index (κ2) is 5.87. The Morgan fingerprint density at radius 2 is 2.00 bits per heavy atom. The maximum Gasteiger partial charge on any atom is 0.404 e. The summed E-state index contributed by atoms with van der Waals surface area (Å²) in [6.45, 7) is -0.670. The smallest absolute Gasteiger partial charge is 0.404 e. The van der Waals surface area contributed by atoms with Crippen LogP contribution in [0, 0.1) is 10.1 Å². The molecule has 9 heteroatoms. The first kappa shape index (κ1) is 15.2. The third kappa shape index (κ3) is 4.45. The highest BCUT2D eigenvalue weighted by Gasteiger charge is 2.38. The molecule has 18 heavy (non-hydrogen) atoms. The average Bonchev–Trinajstić information content (AvgIpc) is 2.23. The molecule has 0 spiro atoms. The van der Waals surface area contributed by atoms with E-state index in [-0.39, 0.29) is 11.4 Å². The predicted molar refractivity (Wildman–Crippen MR) is 65.1 cm³/mol. The first-order chi connectivity index (χ1) is 8.20. The number of benzene rings is 1. The molecule has 4 nitrogen and oxygen atoms in total. The molecule has 0 aliphatic rings. The lowest BCUT2D eigenvalue weighted by Crippen LogP contribution is -2.28. The Labute approximate surface area is 117 Å². The molecule has 0 fully saturated rings. The van der Waals surface area contributed by atoms with Crippen molar-refractivity contribution in [3.05, 3.63) is 32.8 Å². The van der Waals surface area contributed by atoms with Crippen LogP contribution in [-0.4, -0.2) is 22.5 Å². The lowest BCUT2D eigenvalue weighted by Gasteiger charge is -2.14. The fourth-order valence-corrected chi connectivity index (χ4v) is 1.59. The van der Waals surface area contributed by atoms with Gasteiger partial charge >= 0.3 is 6.18 Å². The van der Waals surface area contributed by atoms with Gasteiger partial charge in [0.15, 0.2) is 0 Å². The lowest BCUT2D eigenvalue weighted by atomic mass is 10.3. The van der Waals surface area contributed by atoms with Crippen LogP contribution < -0.4 is 4.74 Å². The minimum absolute atomic E-state index is 0.00947. The van der Waals surface area contributed by atoms with Gasteiger partial charge in [0, 0.05) is 10.5 Å². The number of rotatable bonds is 4. The van der Waals surface area contributed by atoms with Crippen molar-refractivity contribution in [3.63, 3.8) is 0 Å². The number of nitrogens with zero attached hydrogens (tertiary/aromatic N) is 1. The third-order valence-corrected chi connectivity index (χ3v) is 3.06. The predicted octanol–water partition coefficient (Wildman–Crippen LogP) is 4.06. The van der Waals surface area contributed by atoms with Gasteiger partial charge in [0.2, 0.25) is 0 Å². The van der Waals surface area contributed by atoms with Crippen LogP contribution >= 0.6 is 31.9 Å². The van der Waals surface area contributed by atoms with Crippen LogP contribution in [0.5, 0.6) is 5.75 Å². The third-order valence-electron chi connectivity index (χ3n) is 1.82. The van der Waals surface area contributed by atoms with Gasteiger partial charge < -0.3 is 4.74 Å². The van der Waals surface area contributed by atoms with Gasteiger partial charge in [-0.3, -0.25) is 10.1 Å². The number of hydrogen-bond donors (Lipinski definition) is 0. The molecular weight excluding hydrogens is 387 g/mol. The molecule has 0 N–H and O–H groups in total. The van der Waals surface area contributed by atoms with Crippen molar-refractivity contribution in [1.29, 1.82) is 0 Å². The number of non-ortho nitro benzene ring substituents is 1. The van der Waals surface area contributed by atoms with E-state index in [1.54, 1.807) is 0 Å². The molecule has 0 radical (unpaired) electrons. The van der Waals surface area contributed by atoms with Crippen molar-refractivity contribution in [3.8, 4) is 5.75 Å². The van der Waals surface area contributed by atoms with E-state index >= 15 is 0 Å². The summed E-state index contributed by atoms with van der Waals surface area (Å²) in [6, 6.07) is 3.63. The molecule has 1 aromatic rings. The highest BCUT2D eigenvalue weighted by Crippen LogP contribution is 2.29. The standard InChI is InChI=1S/C9H6Br2F3NO3/c10-5-1-6(15(16)17)3-7(2-5)18-4-8(11)9(12,13)14/h1-3,8H,4H2. The van der Waals surface area contributed by atoms with E-state index in [0.29, 0.717) is 4.47 Å². The van der Waals surface area contributed by atoms with Gasteiger partial charge in [-0.15, -0.1) is 0 Å². The van der Waals surface area contributed by atoms with Crippen molar-refractivity contribution in [1.82, 2.24) is 0 Å².